The molecular formula is C5H7NOS. The highest BCUT2D eigenvalue weighted by molar-refractivity contribution is 7.09. The molecule has 44 valence electrons. The first-order valence-electron chi connectivity index (χ1n) is 3.60. The lowest BCUT2D eigenvalue weighted by atomic mass is 10.5. The zero-order valence-electron chi connectivity index (χ0n) is 7.09. The van der Waals surface area contributed by atoms with Crippen LogP contribution in [-0.2, 0) is 6.61 Å². The Hall–Kier alpha value is -0.410. The van der Waals surface area contributed by atoms with Crippen molar-refractivity contribution in [2.75, 3.05) is 0 Å². The van der Waals surface area contributed by atoms with Crippen molar-refractivity contribution in [1.29, 1.82) is 0 Å². The lowest BCUT2D eigenvalue weighted by Crippen LogP contribution is -1.80. The van der Waals surface area contributed by atoms with Gasteiger partial charge in [0.25, 0.3) is 0 Å². The van der Waals surface area contributed by atoms with Crippen molar-refractivity contribution in [2.24, 2.45) is 0 Å². The fraction of sp³-hybridized carbons (Fsp3) is 0.400. The van der Waals surface area contributed by atoms with Gasteiger partial charge >= 0.3 is 0 Å². The van der Waals surface area contributed by atoms with Crippen molar-refractivity contribution in [2.45, 2.75) is 13.5 Å². The summed E-state index contributed by atoms with van der Waals surface area (Å²) in [5, 5.41) is 10.2. The quantitative estimate of drug-likeness (QED) is 0.617. The van der Waals surface area contributed by atoms with Crippen molar-refractivity contribution in [3.8, 4) is 0 Å². The molecule has 0 saturated carbocycles. The first kappa shape index (κ1) is 2.94. The lowest BCUT2D eigenvalue weighted by molar-refractivity contribution is 0.277. The van der Waals surface area contributed by atoms with Crippen LogP contribution in [0.5, 0.6) is 0 Å². The molecule has 3 heteroatoms. The van der Waals surface area contributed by atoms with E-state index in [2.05, 4.69) is 4.98 Å². The van der Waals surface area contributed by atoms with Gasteiger partial charge in [-0.2, -0.15) is 0 Å². The minimum Gasteiger partial charge on any atom is -0.390 e. The van der Waals surface area contributed by atoms with Crippen LogP contribution in [0.3, 0.4) is 0 Å². The second-order valence-electron chi connectivity index (χ2n) is 1.30. The fourth-order valence-corrected chi connectivity index (χ4v) is 0.924. The molecule has 2 nitrogen and oxygen atoms in total. The van der Waals surface area contributed by atoms with Gasteiger partial charge in [-0.3, -0.25) is 0 Å². The van der Waals surface area contributed by atoms with Crippen molar-refractivity contribution < 1.29 is 9.22 Å². The highest BCUT2D eigenvalue weighted by atomic mass is 32.1. The first-order valence-corrected chi connectivity index (χ1v) is 2.98. The summed E-state index contributed by atoms with van der Waals surface area (Å²) in [5.74, 6) is 0. The number of aromatic nitrogens is 1. The maximum Gasteiger partial charge on any atom is 0.0898 e. The molecule has 1 N–H and O–H groups in total. The van der Waals surface area contributed by atoms with E-state index in [0.29, 0.717) is 5.69 Å². The van der Waals surface area contributed by atoms with Crippen molar-refractivity contribution in [3.05, 3.63) is 16.1 Å². The molecule has 0 radical (unpaired) electrons. The van der Waals surface area contributed by atoms with Crippen LogP contribution in [-0.4, -0.2) is 10.1 Å². The lowest BCUT2D eigenvalue weighted by Gasteiger charge is -1.79. The minimum atomic E-state index is -2.14. The smallest absolute Gasteiger partial charge is 0.0898 e. The number of aliphatic hydroxyl groups excluding tert-OH is 1. The maximum absolute atomic E-state index is 8.58. The average molecular weight is 132 g/mol. The zero-order chi connectivity index (χ0) is 8.48. The van der Waals surface area contributed by atoms with Crippen LogP contribution in [0.4, 0.5) is 0 Å². The largest absolute Gasteiger partial charge is 0.390 e. The van der Waals surface area contributed by atoms with Crippen LogP contribution in [0.15, 0.2) is 5.38 Å². The Morgan fingerprint density at radius 2 is 3.00 bits per heavy atom. The third kappa shape index (κ3) is 1.05. The molecule has 1 aromatic heterocycles. The molecule has 0 aliphatic rings. The molecule has 0 bridgehead atoms. The monoisotopic (exact) mass is 132 g/mol. The van der Waals surface area contributed by atoms with Gasteiger partial charge in [-0.15, -0.1) is 11.3 Å². The molecule has 1 heterocycles. The Balaban J connectivity index is 2.89. The predicted molar refractivity (Wildman–Crippen MR) is 32.8 cm³/mol. The van der Waals surface area contributed by atoms with E-state index in [1.807, 2.05) is 0 Å². The van der Waals surface area contributed by atoms with Gasteiger partial charge in [0, 0.05) is 9.49 Å². The second-order valence-corrected chi connectivity index (χ2v) is 2.16. The minimum absolute atomic E-state index is 0.0848. The van der Waals surface area contributed by atoms with Gasteiger partial charge in [0.1, 0.15) is 0 Å². The third-order valence-electron chi connectivity index (χ3n) is 0.714. The molecule has 0 spiro atoms. The van der Waals surface area contributed by atoms with E-state index in [4.69, 9.17) is 9.22 Å². The van der Waals surface area contributed by atoms with E-state index in [9.17, 15) is 0 Å². The number of rotatable bonds is 1. The van der Waals surface area contributed by atoms with Crippen molar-refractivity contribution in [3.63, 3.8) is 0 Å². The summed E-state index contributed by atoms with van der Waals surface area (Å²) in [4.78, 5) is 3.71. The molecule has 0 fully saturated rings. The topological polar surface area (TPSA) is 33.1 Å². The average Bonchev–Trinajstić information content (AvgIpc) is 2.32. The van der Waals surface area contributed by atoms with Crippen molar-refractivity contribution in [1.82, 2.24) is 4.98 Å². The molecule has 0 amide bonds. The predicted octanol–water partition coefficient (Wildman–Crippen LogP) is 0.944. The van der Waals surface area contributed by atoms with Crippen LogP contribution in [0.25, 0.3) is 0 Å². The molecule has 0 unspecified atom stereocenters. The van der Waals surface area contributed by atoms with Crippen LogP contribution in [0, 0.1) is 6.85 Å². The second kappa shape index (κ2) is 2.24. The summed E-state index contributed by atoms with van der Waals surface area (Å²) in [5.41, 5.74) is 0.418. The van der Waals surface area contributed by atoms with Gasteiger partial charge in [0.05, 0.1) is 17.3 Å². The van der Waals surface area contributed by atoms with Gasteiger partial charge < -0.3 is 5.11 Å². The van der Waals surface area contributed by atoms with E-state index < -0.39 is 6.85 Å². The first-order chi connectivity index (χ1) is 5.04. The normalized spacial score (nSPS) is 16.9. The van der Waals surface area contributed by atoms with E-state index in [1.165, 1.54) is 0 Å². The highest BCUT2D eigenvalue weighted by Gasteiger charge is 1.92. The summed E-state index contributed by atoms with van der Waals surface area (Å²) < 4.78 is 20.9. The number of hydrogen-bond donors (Lipinski definition) is 1. The van der Waals surface area contributed by atoms with Crippen LogP contribution in [0.2, 0.25) is 0 Å². The number of aryl methyl sites for hydroxylation is 1. The van der Waals surface area contributed by atoms with Crippen molar-refractivity contribution >= 4 is 11.3 Å². The van der Waals surface area contributed by atoms with Crippen LogP contribution >= 0.6 is 11.3 Å². The van der Waals surface area contributed by atoms with Gasteiger partial charge in [-0.1, -0.05) is 0 Å². The Morgan fingerprint density at radius 3 is 3.38 bits per heavy atom. The van der Waals surface area contributed by atoms with Gasteiger partial charge in [-0.05, 0) is 6.85 Å². The van der Waals surface area contributed by atoms with E-state index >= 15 is 0 Å². The van der Waals surface area contributed by atoms with Gasteiger partial charge in [0.15, 0.2) is 0 Å². The summed E-state index contributed by atoms with van der Waals surface area (Å²) in [7, 11) is 0. The fourth-order valence-electron chi connectivity index (χ4n) is 0.380. The molecule has 0 saturated heterocycles. The molecule has 0 aliphatic carbocycles. The summed E-state index contributed by atoms with van der Waals surface area (Å²) in [6.07, 6.45) is 0. The SMILES string of the molecule is [2H]C([2H])([2H])c1nc(CO)cs1. The van der Waals surface area contributed by atoms with Crippen LogP contribution < -0.4 is 0 Å². The van der Waals surface area contributed by atoms with Crippen LogP contribution in [0.1, 0.15) is 14.8 Å². The zero-order valence-corrected chi connectivity index (χ0v) is 4.90. The molecule has 0 atom stereocenters. The van der Waals surface area contributed by atoms with E-state index in [0.717, 1.165) is 11.3 Å². The number of aliphatic hydroxyl groups is 1. The third-order valence-corrected chi connectivity index (χ3v) is 1.42. The van der Waals surface area contributed by atoms with E-state index in [-0.39, 0.29) is 11.6 Å². The molecule has 0 aliphatic heterocycles. The Morgan fingerprint density at radius 1 is 2.12 bits per heavy atom. The standard InChI is InChI=1S/C5H7NOS/c1-4-6-5(2-7)3-8-4/h3,7H,2H2,1H3/i1D3. The highest BCUT2D eigenvalue weighted by Crippen LogP contribution is 2.06. The summed E-state index contributed by atoms with van der Waals surface area (Å²) in [6.45, 7) is -2.34. The summed E-state index contributed by atoms with van der Waals surface area (Å²) in [6, 6.07) is 0. The molecule has 1 rings (SSSR count). The Bertz CT molecular complexity index is 244. The number of nitrogens with zero attached hydrogens (tertiary/aromatic N) is 1. The van der Waals surface area contributed by atoms with E-state index in [1.54, 1.807) is 5.38 Å². The summed E-state index contributed by atoms with van der Waals surface area (Å²) >= 11 is 1.05. The Labute approximate surface area is 56.0 Å². The number of hydrogen-bond acceptors (Lipinski definition) is 3. The molecular weight excluding hydrogens is 122 g/mol. The maximum atomic E-state index is 8.58. The molecule has 0 aromatic carbocycles. The Kier molecular flexibility index (Phi) is 0.823. The van der Waals surface area contributed by atoms with Gasteiger partial charge in [-0.25, -0.2) is 4.98 Å². The number of thiazole rings is 1. The molecule has 8 heavy (non-hydrogen) atoms. The molecule has 1 aromatic rings. The van der Waals surface area contributed by atoms with Gasteiger partial charge in [0.2, 0.25) is 0 Å².